The Labute approximate surface area is 252 Å². The minimum Gasteiger partial charge on any atom is -0.370 e. The van der Waals surface area contributed by atoms with E-state index in [9.17, 15) is 0 Å². The third-order valence-electron chi connectivity index (χ3n) is 8.67. The molecule has 0 fully saturated rings. The summed E-state index contributed by atoms with van der Waals surface area (Å²) in [6.45, 7) is 29.0. The Morgan fingerprint density at radius 1 is 0.488 bits per heavy atom. The van der Waals surface area contributed by atoms with Gasteiger partial charge in [-0.2, -0.15) is 0 Å². The molecule has 4 heteroatoms. The van der Waals surface area contributed by atoms with Gasteiger partial charge in [-0.25, -0.2) is 0 Å². The number of rotatable bonds is 15. The first-order valence-electron chi connectivity index (χ1n) is 16.1. The summed E-state index contributed by atoms with van der Waals surface area (Å²) in [6, 6.07) is 28.0. The van der Waals surface area contributed by atoms with Gasteiger partial charge in [0.1, 0.15) is 0 Å². The predicted octanol–water partition coefficient (Wildman–Crippen LogP) is 8.64. The van der Waals surface area contributed by atoms with Gasteiger partial charge in [0, 0.05) is 56.9 Å². The van der Waals surface area contributed by atoms with E-state index in [1.807, 2.05) is 0 Å². The van der Waals surface area contributed by atoms with E-state index in [4.69, 9.17) is 0 Å². The van der Waals surface area contributed by atoms with Crippen LogP contribution in [0.25, 0.3) is 0 Å². The van der Waals surface area contributed by atoms with Crippen LogP contribution in [0, 0.1) is 0 Å². The summed E-state index contributed by atoms with van der Waals surface area (Å²) in [7, 11) is 0. The highest BCUT2D eigenvalue weighted by Crippen LogP contribution is 2.52. The molecule has 0 amide bonds. The Hall–Kier alpha value is -2.98. The van der Waals surface area contributed by atoms with E-state index < -0.39 is 5.54 Å². The minimum atomic E-state index is -0.494. The number of benzene rings is 3. The molecule has 3 aromatic carbocycles. The molecule has 0 radical (unpaired) electrons. The van der Waals surface area contributed by atoms with Gasteiger partial charge in [0.05, 0.1) is 22.6 Å². The number of nitrogens with zero attached hydrogens (tertiary/aromatic N) is 4. The van der Waals surface area contributed by atoms with Crippen LogP contribution in [0.2, 0.25) is 0 Å². The van der Waals surface area contributed by atoms with Crippen molar-refractivity contribution in [2.75, 3.05) is 54.0 Å². The third kappa shape index (κ3) is 6.14. The zero-order valence-corrected chi connectivity index (χ0v) is 27.6. The molecule has 0 spiro atoms. The molecule has 0 bridgehead atoms. The lowest BCUT2D eigenvalue weighted by Crippen LogP contribution is -2.55. The molecule has 224 valence electrons. The standard InChI is InChI=1S/C37H56N4/c1-11-38(12-2)34-28-27-33(35(39(13-3)14-4)36(34)40(15-5)16-6)37(31-23-19-17-20-24-31,32-25-21-18-22-26-32)41(29(7)8)30(9)10/h17-30H,11-16H2,1-10H3. The quantitative estimate of drug-likeness (QED) is 0.174. The van der Waals surface area contributed by atoms with E-state index in [-0.39, 0.29) is 0 Å². The average Bonchev–Trinajstić information content (AvgIpc) is 2.99. The van der Waals surface area contributed by atoms with Gasteiger partial charge in [-0.3, -0.25) is 4.90 Å². The second kappa shape index (κ2) is 14.8. The van der Waals surface area contributed by atoms with Crippen LogP contribution in [0.4, 0.5) is 17.1 Å². The molecule has 0 aromatic heterocycles. The van der Waals surface area contributed by atoms with Crippen molar-refractivity contribution in [1.82, 2.24) is 4.90 Å². The molecule has 0 aliphatic rings. The smallest absolute Gasteiger partial charge is 0.0998 e. The maximum Gasteiger partial charge on any atom is 0.0998 e. The fourth-order valence-corrected chi connectivity index (χ4v) is 7.04. The van der Waals surface area contributed by atoms with Crippen molar-refractivity contribution < 1.29 is 0 Å². The van der Waals surface area contributed by atoms with E-state index in [2.05, 4.69) is 162 Å². The van der Waals surface area contributed by atoms with Crippen LogP contribution in [0.5, 0.6) is 0 Å². The van der Waals surface area contributed by atoms with Crippen molar-refractivity contribution in [3.8, 4) is 0 Å². The van der Waals surface area contributed by atoms with Crippen LogP contribution < -0.4 is 14.7 Å². The SMILES string of the molecule is CCN(CC)c1ccc(C(c2ccccc2)(c2ccccc2)N(C(C)C)C(C)C)c(N(CC)CC)c1N(CC)CC. The Kier molecular flexibility index (Phi) is 11.7. The van der Waals surface area contributed by atoms with E-state index in [1.54, 1.807) is 0 Å². The van der Waals surface area contributed by atoms with E-state index in [0.29, 0.717) is 12.1 Å². The van der Waals surface area contributed by atoms with E-state index in [0.717, 1.165) is 39.3 Å². The molecule has 0 aliphatic carbocycles. The lowest BCUT2D eigenvalue weighted by atomic mass is 9.73. The van der Waals surface area contributed by atoms with Crippen molar-refractivity contribution >= 4 is 17.1 Å². The highest BCUT2D eigenvalue weighted by atomic mass is 15.3. The predicted molar refractivity (Wildman–Crippen MR) is 182 cm³/mol. The summed E-state index contributed by atoms with van der Waals surface area (Å²) in [5, 5.41) is 0. The molecule has 0 atom stereocenters. The summed E-state index contributed by atoms with van der Waals surface area (Å²) in [6.07, 6.45) is 0. The first kappa shape index (κ1) is 32.5. The molecule has 4 nitrogen and oxygen atoms in total. The molecule has 3 rings (SSSR count). The van der Waals surface area contributed by atoms with Gasteiger partial charge in [0.2, 0.25) is 0 Å². The molecule has 0 N–H and O–H groups in total. The van der Waals surface area contributed by atoms with Crippen molar-refractivity contribution in [2.45, 2.75) is 86.9 Å². The first-order chi connectivity index (χ1) is 19.8. The van der Waals surface area contributed by atoms with Crippen molar-refractivity contribution in [2.24, 2.45) is 0 Å². The van der Waals surface area contributed by atoms with E-state index >= 15 is 0 Å². The molecular formula is C37H56N4. The second-order valence-electron chi connectivity index (χ2n) is 11.4. The second-order valence-corrected chi connectivity index (χ2v) is 11.4. The monoisotopic (exact) mass is 556 g/mol. The summed E-state index contributed by atoms with van der Waals surface area (Å²) in [4.78, 5) is 10.5. The summed E-state index contributed by atoms with van der Waals surface area (Å²) < 4.78 is 0. The minimum absolute atomic E-state index is 0.305. The summed E-state index contributed by atoms with van der Waals surface area (Å²) in [5.74, 6) is 0. The molecule has 3 aromatic rings. The lowest BCUT2D eigenvalue weighted by molar-refractivity contribution is 0.0790. The fraction of sp³-hybridized carbons (Fsp3) is 0.514. The van der Waals surface area contributed by atoms with Crippen LogP contribution in [0.15, 0.2) is 72.8 Å². The van der Waals surface area contributed by atoms with Gasteiger partial charge in [-0.05, 0) is 86.4 Å². The fourth-order valence-electron chi connectivity index (χ4n) is 7.04. The topological polar surface area (TPSA) is 13.0 Å². The first-order valence-corrected chi connectivity index (χ1v) is 16.1. The Balaban J connectivity index is 2.72. The average molecular weight is 557 g/mol. The van der Waals surface area contributed by atoms with Crippen LogP contribution in [0.1, 0.15) is 85.9 Å². The molecule has 0 saturated carbocycles. The number of anilines is 3. The van der Waals surface area contributed by atoms with Crippen molar-refractivity contribution in [1.29, 1.82) is 0 Å². The van der Waals surface area contributed by atoms with Gasteiger partial charge in [-0.1, -0.05) is 66.7 Å². The zero-order valence-electron chi connectivity index (χ0n) is 27.6. The number of hydrogen-bond acceptors (Lipinski definition) is 4. The van der Waals surface area contributed by atoms with Gasteiger partial charge in [-0.15, -0.1) is 0 Å². The summed E-state index contributed by atoms with van der Waals surface area (Å²) in [5.41, 5.74) is 7.54. The maximum atomic E-state index is 2.74. The normalized spacial score (nSPS) is 11.9. The van der Waals surface area contributed by atoms with Crippen LogP contribution in [-0.2, 0) is 5.54 Å². The van der Waals surface area contributed by atoms with Gasteiger partial charge < -0.3 is 14.7 Å². The van der Waals surface area contributed by atoms with E-state index in [1.165, 1.54) is 33.8 Å². The van der Waals surface area contributed by atoms with Gasteiger partial charge in [0.25, 0.3) is 0 Å². The lowest BCUT2D eigenvalue weighted by Gasteiger charge is -2.52. The van der Waals surface area contributed by atoms with Crippen LogP contribution in [0.3, 0.4) is 0 Å². The van der Waals surface area contributed by atoms with Crippen molar-refractivity contribution in [3.63, 3.8) is 0 Å². The van der Waals surface area contributed by atoms with Gasteiger partial charge >= 0.3 is 0 Å². The molecule has 41 heavy (non-hydrogen) atoms. The maximum absolute atomic E-state index is 2.74. The largest absolute Gasteiger partial charge is 0.370 e. The molecule has 0 aliphatic heterocycles. The zero-order chi connectivity index (χ0) is 30.2. The van der Waals surface area contributed by atoms with Crippen LogP contribution in [-0.4, -0.2) is 56.3 Å². The number of hydrogen-bond donors (Lipinski definition) is 0. The Morgan fingerprint density at radius 3 is 1.24 bits per heavy atom. The third-order valence-corrected chi connectivity index (χ3v) is 8.67. The molecule has 0 heterocycles. The van der Waals surface area contributed by atoms with Crippen molar-refractivity contribution in [3.05, 3.63) is 89.5 Å². The Bertz CT molecular complexity index is 1130. The highest BCUT2D eigenvalue weighted by molar-refractivity contribution is 5.89. The van der Waals surface area contributed by atoms with Crippen LogP contribution >= 0.6 is 0 Å². The molecule has 0 unspecified atom stereocenters. The molecular weight excluding hydrogens is 500 g/mol. The Morgan fingerprint density at radius 2 is 0.878 bits per heavy atom. The summed E-state index contributed by atoms with van der Waals surface area (Å²) >= 11 is 0. The van der Waals surface area contributed by atoms with Gasteiger partial charge in [0.15, 0.2) is 0 Å². The highest BCUT2D eigenvalue weighted by Gasteiger charge is 2.47. The molecule has 0 saturated heterocycles.